The summed E-state index contributed by atoms with van der Waals surface area (Å²) in [5, 5.41) is 10.4. The number of aromatic carboxylic acids is 1. The Hall–Kier alpha value is -1.97. The Kier molecular flexibility index (Phi) is 4.02. The minimum absolute atomic E-state index is 0.377. The molecule has 0 aliphatic carbocycles. The second-order valence-corrected chi connectivity index (χ2v) is 5.40. The van der Waals surface area contributed by atoms with Gasteiger partial charge in [0.25, 0.3) is 0 Å². The molecule has 1 aromatic heterocycles. The fraction of sp³-hybridized carbons (Fsp3) is 0.438. The third-order valence-corrected chi connectivity index (χ3v) is 3.35. The highest BCUT2D eigenvalue weighted by atomic mass is 16.5. The molecular formula is C16H21NO3. The second-order valence-electron chi connectivity index (χ2n) is 5.40. The van der Waals surface area contributed by atoms with Crippen LogP contribution in [-0.4, -0.2) is 22.2 Å². The van der Waals surface area contributed by atoms with Gasteiger partial charge in [-0.2, -0.15) is 0 Å². The number of fused-ring (bicyclic) bond motifs is 1. The Morgan fingerprint density at radius 2 is 2.10 bits per heavy atom. The van der Waals surface area contributed by atoms with Crippen molar-refractivity contribution in [1.82, 2.24) is 4.57 Å². The summed E-state index contributed by atoms with van der Waals surface area (Å²) >= 11 is 0. The summed E-state index contributed by atoms with van der Waals surface area (Å²) in [5.74, 6) is 0.286. The number of ether oxygens (including phenoxy) is 1. The molecule has 0 atom stereocenters. The van der Waals surface area contributed by atoms with Gasteiger partial charge in [-0.3, -0.25) is 0 Å². The molecule has 2 rings (SSSR count). The van der Waals surface area contributed by atoms with Gasteiger partial charge in [-0.1, -0.05) is 13.8 Å². The van der Waals surface area contributed by atoms with E-state index in [1.54, 1.807) is 0 Å². The highest BCUT2D eigenvalue weighted by molar-refractivity contribution is 5.98. The van der Waals surface area contributed by atoms with Gasteiger partial charge in [0.2, 0.25) is 0 Å². The van der Waals surface area contributed by atoms with Gasteiger partial charge in [0, 0.05) is 17.4 Å². The van der Waals surface area contributed by atoms with E-state index in [4.69, 9.17) is 4.74 Å². The third kappa shape index (κ3) is 2.50. The standard InChI is InChI=1S/C16H21NO3/c1-5-20-12-6-7-14-13(8-12)11(4)15(16(18)19)17(14)9-10(2)3/h6-8,10H,5,9H2,1-4H3,(H,18,19). The summed E-state index contributed by atoms with van der Waals surface area (Å²) in [6, 6.07) is 5.77. The van der Waals surface area contributed by atoms with Crippen LogP contribution in [0, 0.1) is 12.8 Å². The fourth-order valence-electron chi connectivity index (χ4n) is 2.59. The average Bonchev–Trinajstić information content (AvgIpc) is 2.62. The summed E-state index contributed by atoms with van der Waals surface area (Å²) in [6.45, 7) is 9.26. The van der Waals surface area contributed by atoms with Crippen LogP contribution >= 0.6 is 0 Å². The van der Waals surface area contributed by atoms with Gasteiger partial charge in [0.15, 0.2) is 0 Å². The molecule has 4 nitrogen and oxygen atoms in total. The van der Waals surface area contributed by atoms with Crippen molar-refractivity contribution in [2.75, 3.05) is 6.61 Å². The van der Waals surface area contributed by atoms with E-state index in [0.29, 0.717) is 24.8 Å². The van der Waals surface area contributed by atoms with Crippen LogP contribution in [0.4, 0.5) is 0 Å². The molecule has 0 spiro atoms. The quantitative estimate of drug-likeness (QED) is 0.905. The molecule has 0 bridgehead atoms. The molecule has 20 heavy (non-hydrogen) atoms. The van der Waals surface area contributed by atoms with Crippen LogP contribution in [0.3, 0.4) is 0 Å². The molecule has 0 saturated heterocycles. The Morgan fingerprint density at radius 3 is 2.65 bits per heavy atom. The number of hydrogen-bond acceptors (Lipinski definition) is 2. The van der Waals surface area contributed by atoms with Crippen molar-refractivity contribution in [2.24, 2.45) is 5.92 Å². The van der Waals surface area contributed by atoms with Gasteiger partial charge >= 0.3 is 5.97 Å². The largest absolute Gasteiger partial charge is 0.494 e. The molecule has 1 N–H and O–H groups in total. The molecule has 0 aliphatic heterocycles. The van der Waals surface area contributed by atoms with Gasteiger partial charge in [0.05, 0.1) is 6.61 Å². The lowest BCUT2D eigenvalue weighted by atomic mass is 10.1. The van der Waals surface area contributed by atoms with Crippen LogP contribution in [0.15, 0.2) is 18.2 Å². The Morgan fingerprint density at radius 1 is 1.40 bits per heavy atom. The normalized spacial score (nSPS) is 11.2. The van der Waals surface area contributed by atoms with Crippen LogP contribution in [0.1, 0.15) is 36.8 Å². The number of aryl methyl sites for hydroxylation is 1. The van der Waals surface area contributed by atoms with Crippen LogP contribution < -0.4 is 4.74 Å². The van der Waals surface area contributed by atoms with E-state index < -0.39 is 5.97 Å². The van der Waals surface area contributed by atoms with Crippen LogP contribution in [-0.2, 0) is 6.54 Å². The predicted octanol–water partition coefficient (Wildman–Crippen LogP) is 3.70. The highest BCUT2D eigenvalue weighted by Crippen LogP contribution is 2.30. The van der Waals surface area contributed by atoms with Crippen molar-refractivity contribution >= 4 is 16.9 Å². The van der Waals surface area contributed by atoms with E-state index >= 15 is 0 Å². The van der Waals surface area contributed by atoms with Crippen molar-refractivity contribution in [2.45, 2.75) is 34.2 Å². The zero-order chi connectivity index (χ0) is 14.9. The molecule has 108 valence electrons. The van der Waals surface area contributed by atoms with Crippen molar-refractivity contribution in [3.63, 3.8) is 0 Å². The molecule has 4 heteroatoms. The number of aromatic nitrogens is 1. The molecule has 1 heterocycles. The number of nitrogens with zero attached hydrogens (tertiary/aromatic N) is 1. The Bertz CT molecular complexity index is 641. The van der Waals surface area contributed by atoms with Crippen molar-refractivity contribution in [3.8, 4) is 5.75 Å². The number of carboxylic acids is 1. The Balaban J connectivity index is 2.68. The van der Waals surface area contributed by atoms with Gasteiger partial charge < -0.3 is 14.4 Å². The first-order valence-corrected chi connectivity index (χ1v) is 6.94. The smallest absolute Gasteiger partial charge is 0.352 e. The third-order valence-electron chi connectivity index (χ3n) is 3.35. The predicted molar refractivity (Wildman–Crippen MR) is 79.6 cm³/mol. The second kappa shape index (κ2) is 5.57. The monoisotopic (exact) mass is 275 g/mol. The SMILES string of the molecule is CCOc1ccc2c(c1)c(C)c(C(=O)O)n2CC(C)C. The van der Waals surface area contributed by atoms with Crippen LogP contribution in [0.5, 0.6) is 5.75 Å². The van der Waals surface area contributed by atoms with Gasteiger partial charge in [-0.25, -0.2) is 4.79 Å². The number of hydrogen-bond donors (Lipinski definition) is 1. The number of carbonyl (C=O) groups is 1. The summed E-state index contributed by atoms with van der Waals surface area (Å²) in [4.78, 5) is 11.6. The molecule has 0 aliphatic rings. The summed E-state index contributed by atoms with van der Waals surface area (Å²) < 4.78 is 7.40. The van der Waals surface area contributed by atoms with Crippen molar-refractivity contribution in [1.29, 1.82) is 0 Å². The maximum absolute atomic E-state index is 11.6. The lowest BCUT2D eigenvalue weighted by Crippen LogP contribution is -2.12. The molecular weight excluding hydrogens is 254 g/mol. The highest BCUT2D eigenvalue weighted by Gasteiger charge is 2.20. The number of benzene rings is 1. The topological polar surface area (TPSA) is 51.5 Å². The van der Waals surface area contributed by atoms with E-state index in [2.05, 4.69) is 13.8 Å². The van der Waals surface area contributed by atoms with Crippen molar-refractivity contribution < 1.29 is 14.6 Å². The van der Waals surface area contributed by atoms with E-state index in [1.807, 2.05) is 36.6 Å². The summed E-state index contributed by atoms with van der Waals surface area (Å²) in [5.41, 5.74) is 2.13. The molecule has 2 aromatic rings. The van der Waals surface area contributed by atoms with Gasteiger partial charge in [-0.15, -0.1) is 0 Å². The first kappa shape index (κ1) is 14.4. The molecule has 0 saturated carbocycles. The molecule has 0 unspecified atom stereocenters. The molecule has 1 aromatic carbocycles. The lowest BCUT2D eigenvalue weighted by molar-refractivity contribution is 0.0684. The van der Waals surface area contributed by atoms with Crippen LogP contribution in [0.25, 0.3) is 10.9 Å². The minimum atomic E-state index is -0.877. The number of rotatable bonds is 5. The minimum Gasteiger partial charge on any atom is -0.494 e. The fourth-order valence-corrected chi connectivity index (χ4v) is 2.59. The summed E-state index contributed by atoms with van der Waals surface area (Å²) in [7, 11) is 0. The maximum Gasteiger partial charge on any atom is 0.352 e. The van der Waals surface area contributed by atoms with Gasteiger partial charge in [0.1, 0.15) is 11.4 Å². The van der Waals surface area contributed by atoms with E-state index in [-0.39, 0.29) is 0 Å². The maximum atomic E-state index is 11.6. The van der Waals surface area contributed by atoms with E-state index in [0.717, 1.165) is 22.2 Å². The van der Waals surface area contributed by atoms with E-state index in [1.165, 1.54) is 0 Å². The zero-order valence-electron chi connectivity index (χ0n) is 12.4. The number of carboxylic acid groups (broad SMARTS) is 1. The first-order chi connectivity index (χ1) is 9.45. The average molecular weight is 275 g/mol. The first-order valence-electron chi connectivity index (χ1n) is 6.94. The molecule has 0 radical (unpaired) electrons. The zero-order valence-corrected chi connectivity index (χ0v) is 12.4. The van der Waals surface area contributed by atoms with Crippen LogP contribution in [0.2, 0.25) is 0 Å². The summed E-state index contributed by atoms with van der Waals surface area (Å²) in [6.07, 6.45) is 0. The Labute approximate surface area is 119 Å². The lowest BCUT2D eigenvalue weighted by Gasteiger charge is -2.11. The van der Waals surface area contributed by atoms with Gasteiger partial charge in [-0.05, 0) is 43.5 Å². The van der Waals surface area contributed by atoms with Crippen molar-refractivity contribution in [3.05, 3.63) is 29.5 Å². The molecule has 0 amide bonds. The van der Waals surface area contributed by atoms with E-state index in [9.17, 15) is 9.90 Å². The molecule has 0 fully saturated rings.